The summed E-state index contributed by atoms with van der Waals surface area (Å²) in [6, 6.07) is 9.31. The molecule has 2 aromatic rings. The van der Waals surface area contributed by atoms with E-state index < -0.39 is 29.1 Å². The van der Waals surface area contributed by atoms with Crippen LogP contribution in [0.25, 0.3) is 6.08 Å². The van der Waals surface area contributed by atoms with Crippen LogP contribution in [0.15, 0.2) is 48.5 Å². The lowest BCUT2D eigenvalue weighted by atomic mass is 10.1. The summed E-state index contributed by atoms with van der Waals surface area (Å²) < 4.78 is 23.1. The van der Waals surface area contributed by atoms with Gasteiger partial charge >= 0.3 is 5.97 Å². The maximum Gasteiger partial charge on any atom is 0.331 e. The maximum atomic E-state index is 13.6. The molecule has 0 amide bonds. The van der Waals surface area contributed by atoms with Crippen LogP contribution < -0.4 is 4.74 Å². The number of nitro benzene ring substituents is 1. The maximum absolute atomic E-state index is 13.6. The van der Waals surface area contributed by atoms with Crippen molar-refractivity contribution in [2.24, 2.45) is 0 Å². The van der Waals surface area contributed by atoms with Crippen molar-refractivity contribution >= 4 is 23.5 Å². The Balaban J connectivity index is 1.94. The second kappa shape index (κ2) is 8.52. The zero-order chi connectivity index (χ0) is 19.1. The second-order valence-electron chi connectivity index (χ2n) is 5.07. The lowest BCUT2D eigenvalue weighted by Crippen LogP contribution is -2.12. The average Bonchev–Trinajstić information content (AvgIpc) is 2.64. The molecule has 0 aliphatic rings. The Kier molecular flexibility index (Phi) is 6.15. The van der Waals surface area contributed by atoms with Gasteiger partial charge in [0, 0.05) is 23.8 Å². The van der Waals surface area contributed by atoms with Crippen molar-refractivity contribution in [1.29, 1.82) is 0 Å². The van der Waals surface area contributed by atoms with E-state index in [0.717, 1.165) is 12.1 Å². The van der Waals surface area contributed by atoms with Gasteiger partial charge in [0.1, 0.15) is 0 Å². The summed E-state index contributed by atoms with van der Waals surface area (Å²) in [6.07, 6.45) is 2.37. The minimum atomic E-state index is -0.807. The van der Waals surface area contributed by atoms with Gasteiger partial charge in [-0.15, -0.1) is 0 Å². The molecule has 7 nitrogen and oxygen atoms in total. The quantitative estimate of drug-likeness (QED) is 0.248. The van der Waals surface area contributed by atoms with Gasteiger partial charge in [0.15, 0.2) is 24.0 Å². The van der Waals surface area contributed by atoms with Crippen molar-refractivity contribution in [3.05, 3.63) is 75.6 Å². The van der Waals surface area contributed by atoms with E-state index >= 15 is 0 Å². The van der Waals surface area contributed by atoms with Crippen molar-refractivity contribution < 1.29 is 28.4 Å². The molecule has 0 aliphatic heterocycles. The first-order valence-electron chi connectivity index (χ1n) is 7.36. The van der Waals surface area contributed by atoms with Crippen LogP contribution in [0, 0.1) is 15.9 Å². The standard InChI is InChI=1S/C18H14FNO6/c1-25-17-7-6-13(10-15(17)19)16(21)11-26-18(22)8-5-12-3-2-4-14(9-12)20(23)24/h2-10H,11H2,1H3/b8-5+. The molecule has 0 N–H and O–H groups in total. The van der Waals surface area contributed by atoms with Crippen LogP contribution in [-0.4, -0.2) is 30.4 Å². The number of halogens is 1. The molecule has 134 valence electrons. The first kappa shape index (κ1) is 18.8. The van der Waals surface area contributed by atoms with E-state index in [-0.39, 0.29) is 17.0 Å². The van der Waals surface area contributed by atoms with Gasteiger partial charge in [-0.3, -0.25) is 14.9 Å². The van der Waals surface area contributed by atoms with Crippen molar-refractivity contribution in [2.45, 2.75) is 0 Å². The summed E-state index contributed by atoms with van der Waals surface area (Å²) in [5.41, 5.74) is 0.357. The fourth-order valence-corrected chi connectivity index (χ4v) is 2.01. The van der Waals surface area contributed by atoms with Gasteiger partial charge in [0.2, 0.25) is 0 Å². The van der Waals surface area contributed by atoms with Crippen LogP contribution in [-0.2, 0) is 9.53 Å². The zero-order valence-corrected chi connectivity index (χ0v) is 13.7. The summed E-state index contributed by atoms with van der Waals surface area (Å²) in [5.74, 6) is -2.09. The van der Waals surface area contributed by atoms with Gasteiger partial charge in [-0.2, -0.15) is 0 Å². The van der Waals surface area contributed by atoms with Crippen molar-refractivity contribution in [3.63, 3.8) is 0 Å². The lowest BCUT2D eigenvalue weighted by molar-refractivity contribution is -0.384. The Bertz CT molecular complexity index is 878. The Hall–Kier alpha value is -3.55. The molecule has 0 bridgehead atoms. The van der Waals surface area contributed by atoms with E-state index in [0.29, 0.717) is 5.56 Å². The number of methoxy groups -OCH3 is 1. The monoisotopic (exact) mass is 359 g/mol. The van der Waals surface area contributed by atoms with E-state index in [9.17, 15) is 24.1 Å². The van der Waals surface area contributed by atoms with E-state index in [1.54, 1.807) is 6.07 Å². The Morgan fingerprint density at radius 2 is 2.00 bits per heavy atom. The van der Waals surface area contributed by atoms with Crippen LogP contribution in [0.2, 0.25) is 0 Å². The molecular formula is C18H14FNO6. The first-order valence-corrected chi connectivity index (χ1v) is 7.36. The number of ether oxygens (including phenoxy) is 2. The largest absolute Gasteiger partial charge is 0.494 e. The number of rotatable bonds is 7. The number of carbonyl (C=O) groups is 2. The lowest BCUT2D eigenvalue weighted by Gasteiger charge is -2.05. The van der Waals surface area contributed by atoms with Crippen LogP contribution >= 0.6 is 0 Å². The summed E-state index contributed by atoms with van der Waals surface area (Å²) in [4.78, 5) is 33.7. The third-order valence-corrected chi connectivity index (χ3v) is 3.31. The normalized spacial score (nSPS) is 10.5. The van der Waals surface area contributed by atoms with Gasteiger partial charge in [0.25, 0.3) is 5.69 Å². The van der Waals surface area contributed by atoms with E-state index in [4.69, 9.17) is 9.47 Å². The van der Waals surface area contributed by atoms with Crippen molar-refractivity contribution in [3.8, 4) is 5.75 Å². The minimum absolute atomic E-state index is 0.00145. The average molecular weight is 359 g/mol. The van der Waals surface area contributed by atoms with Crippen LogP contribution in [0.5, 0.6) is 5.75 Å². The summed E-state index contributed by atoms with van der Waals surface area (Å²) in [5, 5.41) is 10.7. The zero-order valence-electron chi connectivity index (χ0n) is 13.7. The van der Waals surface area contributed by atoms with Crippen LogP contribution in [0.4, 0.5) is 10.1 Å². The van der Waals surface area contributed by atoms with Crippen molar-refractivity contribution in [2.75, 3.05) is 13.7 Å². The van der Waals surface area contributed by atoms with Crippen LogP contribution in [0.1, 0.15) is 15.9 Å². The molecule has 0 aromatic heterocycles. The highest BCUT2D eigenvalue weighted by atomic mass is 19.1. The van der Waals surface area contributed by atoms with Gasteiger partial charge in [0.05, 0.1) is 12.0 Å². The number of Topliss-reactive ketones (excluding diaryl/α,β-unsaturated/α-hetero) is 1. The van der Waals surface area contributed by atoms with Gasteiger partial charge in [-0.25, -0.2) is 9.18 Å². The molecule has 0 heterocycles. The third-order valence-electron chi connectivity index (χ3n) is 3.31. The van der Waals surface area contributed by atoms with Crippen LogP contribution in [0.3, 0.4) is 0 Å². The highest BCUT2D eigenvalue weighted by Gasteiger charge is 2.12. The van der Waals surface area contributed by atoms with E-state index in [2.05, 4.69) is 0 Å². The highest BCUT2D eigenvalue weighted by Crippen LogP contribution is 2.18. The summed E-state index contributed by atoms with van der Waals surface area (Å²) >= 11 is 0. The molecule has 0 radical (unpaired) electrons. The van der Waals surface area contributed by atoms with Crippen molar-refractivity contribution in [1.82, 2.24) is 0 Å². The molecule has 0 aliphatic carbocycles. The molecular weight excluding hydrogens is 345 g/mol. The molecule has 2 aromatic carbocycles. The predicted molar refractivity (Wildman–Crippen MR) is 90.4 cm³/mol. The topological polar surface area (TPSA) is 95.7 Å². The fraction of sp³-hybridized carbons (Fsp3) is 0.111. The summed E-state index contributed by atoms with van der Waals surface area (Å²) in [6.45, 7) is -0.566. The Labute approximate surface area is 147 Å². The number of nitro groups is 1. The number of ketones is 1. The second-order valence-corrected chi connectivity index (χ2v) is 5.07. The molecule has 26 heavy (non-hydrogen) atoms. The number of hydrogen-bond acceptors (Lipinski definition) is 6. The number of carbonyl (C=O) groups excluding carboxylic acids is 2. The SMILES string of the molecule is COc1ccc(C(=O)COC(=O)/C=C/c2cccc([N+](=O)[O-])c2)cc1F. The minimum Gasteiger partial charge on any atom is -0.494 e. The van der Waals surface area contributed by atoms with E-state index in [1.165, 1.54) is 43.5 Å². The fourth-order valence-electron chi connectivity index (χ4n) is 2.01. The molecule has 0 spiro atoms. The molecule has 0 saturated heterocycles. The predicted octanol–water partition coefficient (Wildman–Crippen LogP) is 3.18. The molecule has 0 unspecified atom stereocenters. The summed E-state index contributed by atoms with van der Waals surface area (Å²) in [7, 11) is 1.30. The first-order chi connectivity index (χ1) is 12.4. The van der Waals surface area contributed by atoms with Gasteiger partial charge < -0.3 is 9.47 Å². The number of benzene rings is 2. The van der Waals surface area contributed by atoms with Gasteiger partial charge in [-0.1, -0.05) is 12.1 Å². The number of non-ortho nitro benzene ring substituents is 1. The smallest absolute Gasteiger partial charge is 0.331 e. The third kappa shape index (κ3) is 4.97. The molecule has 0 fully saturated rings. The molecule has 2 rings (SSSR count). The number of hydrogen-bond donors (Lipinski definition) is 0. The molecule has 0 atom stereocenters. The van der Waals surface area contributed by atoms with E-state index in [1.807, 2.05) is 0 Å². The molecule has 0 saturated carbocycles. The number of esters is 1. The Morgan fingerprint density at radius 1 is 1.23 bits per heavy atom. The van der Waals surface area contributed by atoms with Gasteiger partial charge in [-0.05, 0) is 29.8 Å². The highest BCUT2D eigenvalue weighted by molar-refractivity contribution is 5.99. The number of nitrogens with zero attached hydrogens (tertiary/aromatic N) is 1. The Morgan fingerprint density at radius 3 is 2.65 bits per heavy atom. The molecule has 8 heteroatoms.